The third-order valence-corrected chi connectivity index (χ3v) is 17.7. The Morgan fingerprint density at radius 2 is 0.879 bits per heavy atom. The summed E-state index contributed by atoms with van der Waals surface area (Å²) in [6.45, 7) is 27.7. The molecule has 4 heterocycles. The number of carbonyl (C=O) groups excluding carboxylic acids is 4. The number of aromatic hydroxyl groups is 2. The second kappa shape index (κ2) is 49.5. The van der Waals surface area contributed by atoms with Gasteiger partial charge < -0.3 is 83.0 Å². The van der Waals surface area contributed by atoms with Gasteiger partial charge in [-0.2, -0.15) is 0 Å². The average molecular weight is 1870 g/mol. The van der Waals surface area contributed by atoms with Crippen LogP contribution in [0.2, 0.25) is 35.2 Å². The first kappa shape index (κ1) is 109. The van der Waals surface area contributed by atoms with E-state index in [2.05, 4.69) is 26.3 Å². The fourth-order valence-corrected chi connectivity index (χ4v) is 11.7. The number of rotatable bonds is 11. The van der Waals surface area contributed by atoms with Gasteiger partial charge in [-0.05, 0) is 219 Å². The standard InChI is InChI=1S/C14H17BClNO5.C14H16ClNO3.C13H15ClN2O3.C10H18O5.C9H8ClNO.C8H8ClNO3.C7H6ClNO3.C7H7ClO.H4N2.H2O/c1-14(2,3)22-13(18)17-10-7-9(16)11(21-4)5-8(10)6-12(17)15(19)20;1-14(2,3)19-13(17)16-6-5-9-7-12(18-4)10(15)8-11(9)16;1-19-13-8-10(4-7-15-5-2-3-6-15)12(16(17)18)9-11(13)14;1-9(2,3)14-7(11)13-8(12)15-10(4,5)6;1-12-9-4-6-2-3-11-8(6)5-7(9)10;1-5-3-8(13-2)6(9)4-7(5)10(11)12;1-4-2-7(10)5(8)3-6(4)9(11)12;1-5-2-3-6(8)7(9)4-5;1-2;/h5-7,19-20H,1-4H3;5-8H,1-4H3;4,7-9H,2-3,5-6H2,1H3;1-6H3;2-5,11H,1H3;3-4H,1-2H3;2-3,10H,1H3;2-4,9H,1H3;1-2H2;1H2/b;;7-4+;;;;;;;. The van der Waals surface area contributed by atoms with Gasteiger partial charge in [-0.15, -0.1) is 0 Å². The molecule has 0 radical (unpaired) electrons. The Morgan fingerprint density at radius 3 is 1.33 bits per heavy atom. The topological polar surface area (TPSA) is 483 Å². The van der Waals surface area contributed by atoms with E-state index in [1.807, 2.05) is 70.4 Å². The second-order valence-corrected chi connectivity index (χ2v) is 32.6. The third kappa shape index (κ3) is 35.4. The fourth-order valence-electron chi connectivity index (χ4n) is 10.2. The number of halogens is 7. The summed E-state index contributed by atoms with van der Waals surface area (Å²) < 4.78 is 52.3. The van der Waals surface area contributed by atoms with E-state index >= 15 is 0 Å². The largest absolute Gasteiger partial charge is 0.519 e. The number of nitrogens with two attached hydrogens (primary N) is 2. The molecule has 42 heteroatoms. The zero-order valence-corrected chi connectivity index (χ0v) is 76.8. The molecule has 676 valence electrons. The van der Waals surface area contributed by atoms with Crippen molar-refractivity contribution in [1.29, 1.82) is 0 Å². The lowest BCUT2D eigenvalue weighted by Crippen LogP contribution is -2.41. The number of nitrogens with one attached hydrogen (secondary N) is 1. The molecular formula is C82H101BCl7N9O25. The highest BCUT2D eigenvalue weighted by Gasteiger charge is 2.30. The minimum Gasteiger partial charge on any atom is -0.506 e. The molecule has 0 amide bonds. The van der Waals surface area contributed by atoms with Crippen molar-refractivity contribution in [1.82, 2.24) is 19.0 Å². The third-order valence-electron chi connectivity index (χ3n) is 15.6. The molecule has 1 fully saturated rings. The van der Waals surface area contributed by atoms with E-state index in [9.17, 15) is 59.6 Å². The van der Waals surface area contributed by atoms with Gasteiger partial charge >= 0.3 is 31.6 Å². The van der Waals surface area contributed by atoms with E-state index in [1.54, 1.807) is 138 Å². The summed E-state index contributed by atoms with van der Waals surface area (Å²) in [5.41, 5.74) is 1.81. The lowest BCUT2D eigenvalue weighted by Gasteiger charge is -2.21. The van der Waals surface area contributed by atoms with Crippen LogP contribution in [0.15, 0.2) is 128 Å². The Hall–Kier alpha value is -10.9. The molecule has 0 aliphatic carbocycles. The first-order valence-electron chi connectivity index (χ1n) is 36.5. The van der Waals surface area contributed by atoms with Crippen LogP contribution < -0.4 is 41.0 Å². The molecule has 0 spiro atoms. The van der Waals surface area contributed by atoms with Gasteiger partial charge in [0, 0.05) is 76.5 Å². The number of methoxy groups -OCH3 is 5. The summed E-state index contributed by atoms with van der Waals surface area (Å²) >= 11 is 40.7. The number of phenols is 2. The number of carbonyl (C=O) groups is 4. The Kier molecular flexibility index (Phi) is 43.6. The predicted molar refractivity (Wildman–Crippen MR) is 482 cm³/mol. The van der Waals surface area contributed by atoms with Crippen LogP contribution in [-0.2, 0) is 23.7 Å². The van der Waals surface area contributed by atoms with Crippen LogP contribution in [-0.4, -0.2) is 162 Å². The van der Waals surface area contributed by atoms with E-state index in [4.69, 9.17) is 134 Å². The normalized spacial score (nSPS) is 11.3. The van der Waals surface area contributed by atoms with Crippen LogP contribution >= 0.6 is 81.2 Å². The number of hydrogen-bond donors (Lipinski definition) is 7. The van der Waals surface area contributed by atoms with Gasteiger partial charge in [0.1, 0.15) is 62.7 Å². The number of H-pyrrole nitrogens is 1. The van der Waals surface area contributed by atoms with Gasteiger partial charge in [-0.1, -0.05) is 87.3 Å². The summed E-state index contributed by atoms with van der Waals surface area (Å²) in [4.78, 5) is 82.1. The zero-order valence-electron chi connectivity index (χ0n) is 71.5. The van der Waals surface area contributed by atoms with Gasteiger partial charge in [0.2, 0.25) is 0 Å². The van der Waals surface area contributed by atoms with E-state index in [0.717, 1.165) is 58.4 Å². The molecule has 34 nitrogen and oxygen atoms in total. The highest BCUT2D eigenvalue weighted by atomic mass is 35.5. The number of aromatic nitrogens is 3. The fraction of sp³-hybridized carbons (Fsp3) is 0.341. The van der Waals surface area contributed by atoms with Crippen molar-refractivity contribution in [2.45, 2.75) is 139 Å². The van der Waals surface area contributed by atoms with E-state index in [0.29, 0.717) is 81.9 Å². The molecule has 124 heavy (non-hydrogen) atoms. The van der Waals surface area contributed by atoms with Gasteiger partial charge in [0.15, 0.2) is 0 Å². The van der Waals surface area contributed by atoms with Crippen molar-refractivity contribution in [3.63, 3.8) is 0 Å². The van der Waals surface area contributed by atoms with Crippen LogP contribution in [0.5, 0.6) is 40.2 Å². The van der Waals surface area contributed by atoms with Crippen molar-refractivity contribution in [2.75, 3.05) is 48.6 Å². The number of ether oxygens (including phenoxy) is 10. The van der Waals surface area contributed by atoms with Crippen molar-refractivity contribution in [3.05, 3.63) is 216 Å². The number of nitro groups is 3. The van der Waals surface area contributed by atoms with Crippen molar-refractivity contribution in [2.24, 2.45) is 11.7 Å². The molecule has 3 aromatic heterocycles. The highest BCUT2D eigenvalue weighted by molar-refractivity contribution is 6.59. The number of nitro benzene ring substituents is 3. The SMILES string of the molecule is CC(C)(C)OC(=O)OC(=O)OC(C)(C)C.COc1cc(/C=C/N2CCCC2)c([N+](=O)[O-])cc1Cl.COc1cc(C)c([N+](=O)[O-])cc1Cl.COc1cc2cc(B(O)O)n(C(=O)OC(C)(C)C)c2cc1Cl.COc1cc2cc[nH]c2cc1Cl.COc1cc2ccn(C(=O)OC(C)(C)C)c2cc1Cl.Cc1cc(O)c(Cl)cc1[N+](=O)[O-].Cc1ccc(Cl)c(O)c1.NN.O. The Labute approximate surface area is 750 Å². The number of hydrazine groups is 1. The molecule has 0 saturated carbocycles. The number of phenolic OH excluding ortho intramolecular Hbond substituents is 2. The molecule has 1 aliphatic rings. The van der Waals surface area contributed by atoms with Gasteiger partial charge in [-0.25, -0.2) is 19.2 Å². The molecular weight excluding hydrogens is 1770 g/mol. The van der Waals surface area contributed by atoms with Crippen molar-refractivity contribution >= 4 is 174 Å². The Bertz CT molecular complexity index is 5320. The number of hydrogen-bond acceptors (Lipinski definition) is 27. The molecule has 11 rings (SSSR count). The first-order valence-corrected chi connectivity index (χ1v) is 39.2. The Balaban J connectivity index is 0.000000484. The predicted octanol–water partition coefficient (Wildman–Crippen LogP) is 20.1. The maximum atomic E-state index is 12.4. The summed E-state index contributed by atoms with van der Waals surface area (Å²) in [6.07, 6.45) is 6.23. The van der Waals surface area contributed by atoms with Crippen LogP contribution in [0, 0.1) is 51.1 Å². The van der Waals surface area contributed by atoms with E-state index in [1.165, 1.54) is 63.2 Å². The van der Waals surface area contributed by atoms with E-state index in [-0.39, 0.29) is 54.7 Å². The Morgan fingerprint density at radius 1 is 0.476 bits per heavy atom. The quantitative estimate of drug-likeness (QED) is 0.0120. The zero-order chi connectivity index (χ0) is 93.7. The number of benzene rings is 7. The molecule has 0 bridgehead atoms. The monoisotopic (exact) mass is 1870 g/mol. The van der Waals surface area contributed by atoms with E-state index < -0.39 is 68.8 Å². The lowest BCUT2D eigenvalue weighted by molar-refractivity contribution is -0.385. The molecule has 10 aromatic rings. The van der Waals surface area contributed by atoms with Crippen molar-refractivity contribution in [3.8, 4) is 40.2 Å². The molecule has 0 unspecified atom stereocenters. The molecule has 1 saturated heterocycles. The van der Waals surface area contributed by atoms with Gasteiger partial charge in [0.25, 0.3) is 17.1 Å². The van der Waals surface area contributed by atoms with Crippen LogP contribution in [0.1, 0.15) is 118 Å². The number of nitrogens with zero attached hydrogens (tertiary/aromatic N) is 6. The minimum atomic E-state index is -1.83. The summed E-state index contributed by atoms with van der Waals surface area (Å²) in [5, 5.41) is 73.7. The summed E-state index contributed by atoms with van der Waals surface area (Å²) in [7, 11) is 5.76. The maximum absolute atomic E-state index is 12.4. The maximum Gasteiger partial charge on any atom is 0.519 e. The molecule has 0 atom stereocenters. The summed E-state index contributed by atoms with van der Waals surface area (Å²) in [6, 6.07) is 28.9. The number of aromatic amines is 1. The molecule has 1 aliphatic heterocycles. The summed E-state index contributed by atoms with van der Waals surface area (Å²) in [5.74, 6) is 10.6. The number of likely N-dealkylation sites (tertiary alicyclic amines) is 1. The molecule has 11 N–H and O–H groups in total. The number of fused-ring (bicyclic) bond motifs is 3. The van der Waals surface area contributed by atoms with Gasteiger partial charge in [0.05, 0.1) is 108 Å². The van der Waals surface area contributed by atoms with Crippen LogP contribution in [0.3, 0.4) is 0 Å². The first-order chi connectivity index (χ1) is 57.1. The smallest absolute Gasteiger partial charge is 0.506 e. The molecule has 7 aromatic carbocycles. The lowest BCUT2D eigenvalue weighted by atomic mass is 9.86. The highest BCUT2D eigenvalue weighted by Crippen LogP contribution is 2.38. The van der Waals surface area contributed by atoms with Crippen molar-refractivity contribution < 1.29 is 107 Å². The van der Waals surface area contributed by atoms with Crippen LogP contribution in [0.4, 0.5) is 36.2 Å². The second-order valence-electron chi connectivity index (χ2n) is 29.8. The van der Waals surface area contributed by atoms with Gasteiger partial charge in [-0.3, -0.25) is 51.2 Å². The van der Waals surface area contributed by atoms with Crippen LogP contribution in [0.25, 0.3) is 38.8 Å². The number of aryl methyl sites for hydroxylation is 3. The average Bonchev–Trinajstić information content (AvgIpc) is 1.61. The minimum absolute atomic E-state index is 0.